The molecule has 0 aromatic rings. The van der Waals surface area contributed by atoms with Gasteiger partial charge in [-0.25, -0.2) is 0 Å². The SMILES string of the molecule is CC(C)C(CN)(C(=O)O)C(F)(F)F. The zero-order chi connectivity index (χ0) is 10.9. The monoisotopic (exact) mass is 199 g/mol. The molecule has 0 aliphatic heterocycles. The highest BCUT2D eigenvalue weighted by molar-refractivity contribution is 5.76. The van der Waals surface area contributed by atoms with E-state index in [-0.39, 0.29) is 0 Å². The highest BCUT2D eigenvalue weighted by Gasteiger charge is 2.61. The van der Waals surface area contributed by atoms with E-state index in [1.807, 2.05) is 0 Å². The minimum absolute atomic E-state index is 0.941. The minimum Gasteiger partial charge on any atom is -0.481 e. The van der Waals surface area contributed by atoms with Gasteiger partial charge in [0.15, 0.2) is 5.41 Å². The van der Waals surface area contributed by atoms with Crippen LogP contribution in [0.1, 0.15) is 13.8 Å². The number of carbonyl (C=O) groups is 1. The van der Waals surface area contributed by atoms with Gasteiger partial charge in [-0.05, 0) is 5.92 Å². The third-order valence-corrected chi connectivity index (χ3v) is 2.20. The summed E-state index contributed by atoms with van der Waals surface area (Å²) in [5.74, 6) is -3.01. The van der Waals surface area contributed by atoms with E-state index < -0.39 is 30.0 Å². The predicted octanol–water partition coefficient (Wildman–Crippen LogP) is 1.23. The van der Waals surface area contributed by atoms with Crippen LogP contribution in [0.5, 0.6) is 0 Å². The number of halogens is 3. The molecule has 3 N–H and O–H groups in total. The molecular formula is C7H12F3NO2. The molecule has 6 heteroatoms. The van der Waals surface area contributed by atoms with Crippen molar-refractivity contribution in [2.45, 2.75) is 20.0 Å². The lowest BCUT2D eigenvalue weighted by Gasteiger charge is -2.33. The molecule has 0 rings (SSSR count). The lowest BCUT2D eigenvalue weighted by molar-refractivity contribution is -0.240. The first-order valence-electron chi connectivity index (χ1n) is 3.70. The van der Waals surface area contributed by atoms with E-state index in [9.17, 15) is 18.0 Å². The van der Waals surface area contributed by atoms with Crippen LogP contribution in [-0.4, -0.2) is 23.8 Å². The maximum absolute atomic E-state index is 12.4. The number of nitrogens with two attached hydrogens (primary N) is 1. The Balaban J connectivity index is 5.25. The molecule has 3 nitrogen and oxygen atoms in total. The van der Waals surface area contributed by atoms with Crippen LogP contribution in [0.3, 0.4) is 0 Å². The van der Waals surface area contributed by atoms with E-state index >= 15 is 0 Å². The van der Waals surface area contributed by atoms with Crippen molar-refractivity contribution in [1.82, 2.24) is 0 Å². The standard InChI is InChI=1S/C7H12F3NO2/c1-4(2)6(3-11,5(12)13)7(8,9)10/h4H,3,11H2,1-2H3,(H,12,13). The van der Waals surface area contributed by atoms with Crippen molar-refractivity contribution in [2.24, 2.45) is 17.1 Å². The van der Waals surface area contributed by atoms with E-state index in [0.29, 0.717) is 0 Å². The van der Waals surface area contributed by atoms with Crippen molar-refractivity contribution in [3.8, 4) is 0 Å². The smallest absolute Gasteiger partial charge is 0.406 e. The van der Waals surface area contributed by atoms with Gasteiger partial charge in [0, 0.05) is 6.54 Å². The molecule has 1 atom stereocenters. The molecule has 0 bridgehead atoms. The van der Waals surface area contributed by atoms with Crippen LogP contribution in [-0.2, 0) is 4.79 Å². The average Bonchev–Trinajstić information content (AvgIpc) is 1.83. The van der Waals surface area contributed by atoms with Gasteiger partial charge in [0.05, 0.1) is 0 Å². The van der Waals surface area contributed by atoms with Crippen LogP contribution in [0, 0.1) is 11.3 Å². The summed E-state index contributed by atoms with van der Waals surface area (Å²) in [4.78, 5) is 10.5. The normalized spacial score (nSPS) is 17.2. The topological polar surface area (TPSA) is 63.3 Å². The third-order valence-electron chi connectivity index (χ3n) is 2.20. The average molecular weight is 199 g/mol. The fourth-order valence-corrected chi connectivity index (χ4v) is 1.13. The Bertz CT molecular complexity index is 202. The summed E-state index contributed by atoms with van der Waals surface area (Å²) >= 11 is 0. The van der Waals surface area contributed by atoms with E-state index in [1.165, 1.54) is 13.8 Å². The van der Waals surface area contributed by atoms with Gasteiger partial charge in [-0.15, -0.1) is 0 Å². The van der Waals surface area contributed by atoms with Gasteiger partial charge in [-0.1, -0.05) is 13.8 Å². The Morgan fingerprint density at radius 3 is 1.85 bits per heavy atom. The van der Waals surface area contributed by atoms with Gasteiger partial charge in [-0.2, -0.15) is 13.2 Å². The van der Waals surface area contributed by atoms with Gasteiger partial charge in [0.25, 0.3) is 0 Å². The first kappa shape index (κ1) is 12.2. The maximum Gasteiger partial charge on any atom is 0.406 e. The number of carboxylic acids is 1. The van der Waals surface area contributed by atoms with E-state index in [4.69, 9.17) is 10.8 Å². The lowest BCUT2D eigenvalue weighted by Crippen LogP contribution is -2.54. The maximum atomic E-state index is 12.4. The van der Waals surface area contributed by atoms with Crippen molar-refractivity contribution in [3.63, 3.8) is 0 Å². The van der Waals surface area contributed by atoms with E-state index in [1.54, 1.807) is 0 Å². The van der Waals surface area contributed by atoms with Gasteiger partial charge in [0.1, 0.15) is 0 Å². The summed E-state index contributed by atoms with van der Waals surface area (Å²) in [5.41, 5.74) is 2.07. The molecule has 0 spiro atoms. The van der Waals surface area contributed by atoms with Gasteiger partial charge in [-0.3, -0.25) is 4.79 Å². The summed E-state index contributed by atoms with van der Waals surface area (Å²) in [6.45, 7) is 1.44. The zero-order valence-corrected chi connectivity index (χ0v) is 7.35. The minimum atomic E-state index is -4.82. The number of hydrogen-bond acceptors (Lipinski definition) is 2. The van der Waals surface area contributed by atoms with E-state index in [2.05, 4.69) is 0 Å². The predicted molar refractivity (Wildman–Crippen MR) is 40.0 cm³/mol. The lowest BCUT2D eigenvalue weighted by atomic mass is 9.76. The fourth-order valence-electron chi connectivity index (χ4n) is 1.13. The van der Waals surface area contributed by atoms with Crippen molar-refractivity contribution >= 4 is 5.97 Å². The Hall–Kier alpha value is -0.780. The second-order valence-corrected chi connectivity index (χ2v) is 3.13. The number of hydrogen-bond donors (Lipinski definition) is 2. The van der Waals surface area contributed by atoms with Crippen LogP contribution in [0.2, 0.25) is 0 Å². The molecule has 0 fully saturated rings. The van der Waals surface area contributed by atoms with Crippen LogP contribution >= 0.6 is 0 Å². The molecule has 0 heterocycles. The molecular weight excluding hydrogens is 187 g/mol. The van der Waals surface area contributed by atoms with E-state index in [0.717, 1.165) is 0 Å². The zero-order valence-electron chi connectivity index (χ0n) is 7.35. The molecule has 13 heavy (non-hydrogen) atoms. The van der Waals surface area contributed by atoms with Crippen molar-refractivity contribution < 1.29 is 23.1 Å². The number of rotatable bonds is 3. The number of carboxylic acid groups (broad SMARTS) is 1. The molecule has 0 aromatic heterocycles. The molecule has 0 aliphatic carbocycles. The van der Waals surface area contributed by atoms with Crippen LogP contribution < -0.4 is 5.73 Å². The highest BCUT2D eigenvalue weighted by Crippen LogP contribution is 2.43. The molecule has 0 aliphatic rings. The molecule has 0 amide bonds. The van der Waals surface area contributed by atoms with Gasteiger partial charge >= 0.3 is 12.1 Å². The summed E-state index contributed by atoms with van der Waals surface area (Å²) in [5, 5.41) is 8.53. The molecule has 78 valence electrons. The molecule has 0 aromatic carbocycles. The van der Waals surface area contributed by atoms with Gasteiger partial charge < -0.3 is 10.8 Å². The first-order chi connectivity index (χ1) is 5.70. The Kier molecular flexibility index (Phi) is 3.32. The second kappa shape index (κ2) is 3.53. The second-order valence-electron chi connectivity index (χ2n) is 3.13. The van der Waals surface area contributed by atoms with Crippen LogP contribution in [0.25, 0.3) is 0 Å². The number of aliphatic carboxylic acids is 1. The van der Waals surface area contributed by atoms with Crippen LogP contribution in [0.15, 0.2) is 0 Å². The quantitative estimate of drug-likeness (QED) is 0.718. The summed E-state index contributed by atoms with van der Waals surface area (Å²) < 4.78 is 37.2. The summed E-state index contributed by atoms with van der Waals surface area (Å²) in [6, 6.07) is 0. The summed E-state index contributed by atoms with van der Waals surface area (Å²) in [6.07, 6.45) is -4.82. The highest BCUT2D eigenvalue weighted by atomic mass is 19.4. The summed E-state index contributed by atoms with van der Waals surface area (Å²) in [7, 11) is 0. The van der Waals surface area contributed by atoms with Gasteiger partial charge in [0.2, 0.25) is 0 Å². The molecule has 0 saturated carbocycles. The first-order valence-corrected chi connectivity index (χ1v) is 3.70. The molecule has 0 saturated heterocycles. The largest absolute Gasteiger partial charge is 0.481 e. The number of alkyl halides is 3. The van der Waals surface area contributed by atoms with Crippen LogP contribution in [0.4, 0.5) is 13.2 Å². The van der Waals surface area contributed by atoms with Crippen molar-refractivity contribution in [1.29, 1.82) is 0 Å². The molecule has 1 unspecified atom stereocenters. The Morgan fingerprint density at radius 2 is 1.85 bits per heavy atom. The Morgan fingerprint density at radius 1 is 1.46 bits per heavy atom. The third kappa shape index (κ3) is 1.77. The fraction of sp³-hybridized carbons (Fsp3) is 0.857. The van der Waals surface area contributed by atoms with Crippen molar-refractivity contribution in [2.75, 3.05) is 6.54 Å². The molecule has 0 radical (unpaired) electrons. The Labute approximate surface area is 73.7 Å². The van der Waals surface area contributed by atoms with Crippen molar-refractivity contribution in [3.05, 3.63) is 0 Å².